The fraction of sp³-hybridized carbons (Fsp3) is 0.364. The molecule has 0 aliphatic carbocycles. The molecule has 0 bridgehead atoms. The SMILES string of the molecule is Cc1cc(C)c(C)c(OCCCNC(=O)COC(=O)c2ccc(C)c(N)c2)c1. The van der Waals surface area contributed by atoms with Crippen LogP contribution in [0, 0.1) is 27.7 Å². The van der Waals surface area contributed by atoms with Crippen LogP contribution < -0.4 is 15.8 Å². The van der Waals surface area contributed by atoms with Crippen molar-refractivity contribution in [3.63, 3.8) is 0 Å². The van der Waals surface area contributed by atoms with E-state index >= 15 is 0 Å². The van der Waals surface area contributed by atoms with Crippen LogP contribution >= 0.6 is 0 Å². The smallest absolute Gasteiger partial charge is 0.338 e. The van der Waals surface area contributed by atoms with Gasteiger partial charge in [0.05, 0.1) is 12.2 Å². The second-order valence-electron chi connectivity index (χ2n) is 6.90. The molecule has 2 aromatic rings. The highest BCUT2D eigenvalue weighted by Gasteiger charge is 2.11. The van der Waals surface area contributed by atoms with Gasteiger partial charge in [-0.3, -0.25) is 4.79 Å². The molecule has 0 heterocycles. The maximum absolute atomic E-state index is 12.0. The number of benzene rings is 2. The predicted molar refractivity (Wildman–Crippen MR) is 110 cm³/mol. The Morgan fingerprint density at radius 1 is 1.04 bits per heavy atom. The van der Waals surface area contributed by atoms with Gasteiger partial charge in [0, 0.05) is 12.2 Å². The summed E-state index contributed by atoms with van der Waals surface area (Å²) in [7, 11) is 0. The van der Waals surface area contributed by atoms with Crippen molar-refractivity contribution in [2.24, 2.45) is 0 Å². The van der Waals surface area contributed by atoms with E-state index in [1.54, 1.807) is 18.2 Å². The number of hydrogen-bond donors (Lipinski definition) is 2. The number of nitrogens with two attached hydrogens (primary N) is 1. The lowest BCUT2D eigenvalue weighted by atomic mass is 10.1. The van der Waals surface area contributed by atoms with Gasteiger partial charge in [-0.05, 0) is 74.6 Å². The quantitative estimate of drug-likeness (QED) is 0.414. The average Bonchev–Trinajstić information content (AvgIpc) is 2.65. The molecule has 0 atom stereocenters. The van der Waals surface area contributed by atoms with Crippen LogP contribution in [0.5, 0.6) is 5.75 Å². The molecule has 0 aliphatic rings. The van der Waals surface area contributed by atoms with E-state index in [0.717, 1.165) is 22.4 Å². The highest BCUT2D eigenvalue weighted by molar-refractivity contribution is 5.92. The summed E-state index contributed by atoms with van der Waals surface area (Å²) in [5.74, 6) is -0.0541. The minimum atomic E-state index is -0.574. The Morgan fingerprint density at radius 2 is 1.79 bits per heavy atom. The fourth-order valence-corrected chi connectivity index (χ4v) is 2.67. The van der Waals surface area contributed by atoms with Crippen LogP contribution in [0.3, 0.4) is 0 Å². The van der Waals surface area contributed by atoms with Crippen LogP contribution in [0.4, 0.5) is 5.69 Å². The van der Waals surface area contributed by atoms with Gasteiger partial charge in [-0.15, -0.1) is 0 Å². The van der Waals surface area contributed by atoms with Gasteiger partial charge in [0.25, 0.3) is 5.91 Å². The Kier molecular flexibility index (Phi) is 7.44. The van der Waals surface area contributed by atoms with Crippen molar-refractivity contribution in [2.75, 3.05) is 25.5 Å². The Labute approximate surface area is 166 Å². The number of carbonyl (C=O) groups is 2. The van der Waals surface area contributed by atoms with Gasteiger partial charge in [-0.25, -0.2) is 4.79 Å². The van der Waals surface area contributed by atoms with E-state index in [2.05, 4.69) is 18.3 Å². The molecule has 6 nitrogen and oxygen atoms in total. The van der Waals surface area contributed by atoms with E-state index in [4.69, 9.17) is 15.2 Å². The fourth-order valence-electron chi connectivity index (χ4n) is 2.67. The highest BCUT2D eigenvalue weighted by atomic mass is 16.5. The highest BCUT2D eigenvalue weighted by Crippen LogP contribution is 2.23. The Balaban J connectivity index is 1.67. The molecule has 28 heavy (non-hydrogen) atoms. The lowest BCUT2D eigenvalue weighted by Gasteiger charge is -2.12. The van der Waals surface area contributed by atoms with Gasteiger partial charge >= 0.3 is 5.97 Å². The predicted octanol–water partition coefficient (Wildman–Crippen LogP) is 3.24. The maximum atomic E-state index is 12.0. The number of carbonyl (C=O) groups excluding carboxylic acids is 2. The van der Waals surface area contributed by atoms with E-state index in [0.29, 0.717) is 30.8 Å². The zero-order valence-corrected chi connectivity index (χ0v) is 16.9. The van der Waals surface area contributed by atoms with Crippen LogP contribution in [0.2, 0.25) is 0 Å². The molecule has 3 N–H and O–H groups in total. The third-order valence-electron chi connectivity index (χ3n) is 4.51. The summed E-state index contributed by atoms with van der Waals surface area (Å²) in [6.07, 6.45) is 0.653. The third-order valence-corrected chi connectivity index (χ3v) is 4.51. The van der Waals surface area contributed by atoms with E-state index in [-0.39, 0.29) is 12.5 Å². The molecular weight excluding hydrogens is 356 g/mol. The first-order valence-corrected chi connectivity index (χ1v) is 9.28. The molecule has 0 radical (unpaired) electrons. The van der Waals surface area contributed by atoms with Crippen LogP contribution in [-0.4, -0.2) is 31.6 Å². The van der Waals surface area contributed by atoms with Crippen molar-refractivity contribution >= 4 is 17.6 Å². The number of rotatable bonds is 8. The average molecular weight is 384 g/mol. The summed E-state index contributed by atoms with van der Waals surface area (Å²) in [5, 5.41) is 2.71. The Morgan fingerprint density at radius 3 is 2.50 bits per heavy atom. The van der Waals surface area contributed by atoms with Crippen molar-refractivity contribution < 1.29 is 19.1 Å². The molecule has 2 aromatic carbocycles. The summed E-state index contributed by atoms with van der Waals surface area (Å²) in [5.41, 5.74) is 11.0. The van der Waals surface area contributed by atoms with Crippen molar-refractivity contribution in [2.45, 2.75) is 34.1 Å². The number of hydrogen-bond acceptors (Lipinski definition) is 5. The summed E-state index contributed by atoms with van der Waals surface area (Å²) in [6.45, 7) is 8.58. The lowest BCUT2D eigenvalue weighted by molar-refractivity contribution is -0.124. The zero-order valence-electron chi connectivity index (χ0n) is 16.9. The minimum Gasteiger partial charge on any atom is -0.493 e. The van der Waals surface area contributed by atoms with Crippen LogP contribution in [0.25, 0.3) is 0 Å². The van der Waals surface area contributed by atoms with Crippen molar-refractivity contribution in [1.82, 2.24) is 5.32 Å². The Bertz CT molecular complexity index is 862. The number of nitrogen functional groups attached to an aromatic ring is 1. The molecular formula is C22H28N2O4. The number of nitrogens with one attached hydrogen (secondary N) is 1. The Hall–Kier alpha value is -3.02. The molecule has 0 aliphatic heterocycles. The van der Waals surface area contributed by atoms with E-state index < -0.39 is 5.97 Å². The summed E-state index contributed by atoms with van der Waals surface area (Å²) >= 11 is 0. The molecule has 1 amide bonds. The monoisotopic (exact) mass is 384 g/mol. The second-order valence-corrected chi connectivity index (χ2v) is 6.90. The summed E-state index contributed by atoms with van der Waals surface area (Å²) in [6, 6.07) is 9.04. The second kappa shape index (κ2) is 9.78. The summed E-state index contributed by atoms with van der Waals surface area (Å²) < 4.78 is 10.8. The first-order chi connectivity index (χ1) is 13.3. The molecule has 0 spiro atoms. The number of ether oxygens (including phenoxy) is 2. The lowest BCUT2D eigenvalue weighted by Crippen LogP contribution is -2.30. The minimum absolute atomic E-state index is 0.327. The number of aryl methyl sites for hydroxylation is 3. The third kappa shape index (κ3) is 6.01. The molecule has 6 heteroatoms. The first-order valence-electron chi connectivity index (χ1n) is 9.28. The normalized spacial score (nSPS) is 10.4. The number of amides is 1. The van der Waals surface area contributed by atoms with E-state index in [1.807, 2.05) is 26.8 Å². The van der Waals surface area contributed by atoms with Gasteiger partial charge in [-0.2, -0.15) is 0 Å². The molecule has 0 aromatic heterocycles. The molecule has 0 saturated carbocycles. The first kappa shape index (κ1) is 21.3. The zero-order chi connectivity index (χ0) is 20.7. The topological polar surface area (TPSA) is 90.6 Å². The van der Waals surface area contributed by atoms with Crippen LogP contribution in [0.1, 0.15) is 39.0 Å². The van der Waals surface area contributed by atoms with Crippen LogP contribution in [-0.2, 0) is 9.53 Å². The molecule has 2 rings (SSSR count). The molecule has 0 unspecified atom stereocenters. The number of anilines is 1. The van der Waals surface area contributed by atoms with Gasteiger partial charge in [0.15, 0.2) is 6.61 Å². The maximum Gasteiger partial charge on any atom is 0.338 e. The van der Waals surface area contributed by atoms with Crippen LogP contribution in [0.15, 0.2) is 30.3 Å². The van der Waals surface area contributed by atoms with E-state index in [9.17, 15) is 9.59 Å². The molecule has 150 valence electrons. The van der Waals surface area contributed by atoms with E-state index in [1.165, 1.54) is 5.56 Å². The van der Waals surface area contributed by atoms with Gasteiger partial charge in [0.2, 0.25) is 0 Å². The van der Waals surface area contributed by atoms with Gasteiger partial charge in [-0.1, -0.05) is 12.1 Å². The summed E-state index contributed by atoms with van der Waals surface area (Å²) in [4.78, 5) is 23.8. The standard InChI is InChI=1S/C22H28N2O4/c1-14-10-16(3)17(4)20(11-14)27-9-5-8-24-21(25)13-28-22(26)18-7-6-15(2)19(23)12-18/h6-7,10-12H,5,8-9,13,23H2,1-4H3,(H,24,25). The van der Waals surface area contributed by atoms with Crippen molar-refractivity contribution in [1.29, 1.82) is 0 Å². The van der Waals surface area contributed by atoms with Crippen molar-refractivity contribution in [3.8, 4) is 5.75 Å². The van der Waals surface area contributed by atoms with Gasteiger partial charge < -0.3 is 20.5 Å². The van der Waals surface area contributed by atoms with Gasteiger partial charge in [0.1, 0.15) is 5.75 Å². The van der Waals surface area contributed by atoms with Crippen molar-refractivity contribution in [3.05, 3.63) is 58.1 Å². The largest absolute Gasteiger partial charge is 0.493 e. The molecule has 0 saturated heterocycles. The number of esters is 1. The molecule has 0 fully saturated rings.